The van der Waals surface area contributed by atoms with Gasteiger partial charge < -0.3 is 19.6 Å². The number of amides is 1. The van der Waals surface area contributed by atoms with Gasteiger partial charge in [0, 0.05) is 18.0 Å². The van der Waals surface area contributed by atoms with Gasteiger partial charge in [0.25, 0.3) is 11.7 Å². The van der Waals surface area contributed by atoms with Gasteiger partial charge in [0.1, 0.15) is 11.5 Å². The Morgan fingerprint density at radius 1 is 1.21 bits per heavy atom. The van der Waals surface area contributed by atoms with Crippen molar-refractivity contribution in [2.75, 3.05) is 34.3 Å². The Labute approximate surface area is 170 Å². The van der Waals surface area contributed by atoms with Crippen molar-refractivity contribution in [1.82, 2.24) is 9.88 Å². The highest BCUT2D eigenvalue weighted by Gasteiger charge is 2.46. The fraction of sp³-hybridized carbons (Fsp3) is 0.318. The van der Waals surface area contributed by atoms with Crippen LogP contribution in [0.25, 0.3) is 5.76 Å². The number of ether oxygens (including phenoxy) is 1. The van der Waals surface area contributed by atoms with Gasteiger partial charge in [-0.2, -0.15) is 0 Å². The minimum absolute atomic E-state index is 0.0968. The number of quaternary nitrogens is 1. The number of aliphatic hydroxyl groups is 1. The lowest BCUT2D eigenvalue weighted by molar-refractivity contribution is -0.857. The van der Waals surface area contributed by atoms with E-state index in [0.717, 1.165) is 16.0 Å². The molecule has 1 unspecified atom stereocenters. The first-order chi connectivity index (χ1) is 13.8. The van der Waals surface area contributed by atoms with Crippen molar-refractivity contribution in [3.8, 4) is 5.75 Å². The molecule has 0 radical (unpaired) electrons. The number of methoxy groups -OCH3 is 1. The number of pyridine rings is 1. The van der Waals surface area contributed by atoms with Crippen LogP contribution in [0.1, 0.15) is 22.7 Å². The lowest BCUT2D eigenvalue weighted by atomic mass is 9.95. The maximum Gasteiger partial charge on any atom is 0.295 e. The number of aromatic nitrogens is 1. The summed E-state index contributed by atoms with van der Waals surface area (Å²) in [4.78, 5) is 32.4. The van der Waals surface area contributed by atoms with E-state index in [9.17, 15) is 14.7 Å². The predicted octanol–water partition coefficient (Wildman–Crippen LogP) is 0.965. The fourth-order valence-electron chi connectivity index (χ4n) is 3.53. The van der Waals surface area contributed by atoms with Crippen molar-refractivity contribution < 1.29 is 24.3 Å². The summed E-state index contributed by atoms with van der Waals surface area (Å²) in [6.07, 6.45) is 3.23. The van der Waals surface area contributed by atoms with Gasteiger partial charge in [-0.1, -0.05) is 0 Å². The number of benzene rings is 1. The third kappa shape index (κ3) is 4.00. The molecule has 1 aromatic carbocycles. The molecule has 0 aliphatic carbocycles. The Hall–Kier alpha value is -3.19. The lowest BCUT2D eigenvalue weighted by Gasteiger charge is -2.25. The van der Waals surface area contributed by atoms with Crippen molar-refractivity contribution in [2.45, 2.75) is 13.0 Å². The average Bonchev–Trinajstić information content (AvgIpc) is 2.97. The number of nitrogens with zero attached hydrogens (tertiary/aromatic N) is 2. The van der Waals surface area contributed by atoms with Crippen LogP contribution in [0.4, 0.5) is 0 Å². The molecule has 0 spiro atoms. The molecule has 7 nitrogen and oxygen atoms in total. The highest BCUT2D eigenvalue weighted by Crippen LogP contribution is 2.39. The molecule has 2 heterocycles. The molecular weight excluding hydrogens is 370 g/mol. The SMILES string of the molecule is COc1ccc(C(O)=C2C(=O)C(=O)N(CC[NH+](C)C)C2c2ccncc2)cc1C. The van der Waals surface area contributed by atoms with Gasteiger partial charge in [0.15, 0.2) is 0 Å². The van der Waals surface area contributed by atoms with Gasteiger partial charge in [-0.15, -0.1) is 0 Å². The summed E-state index contributed by atoms with van der Waals surface area (Å²) in [5.41, 5.74) is 2.13. The van der Waals surface area contributed by atoms with Crippen LogP contribution >= 0.6 is 0 Å². The van der Waals surface area contributed by atoms with Gasteiger partial charge in [0.2, 0.25) is 0 Å². The number of hydrogen-bond donors (Lipinski definition) is 2. The average molecular weight is 396 g/mol. The minimum Gasteiger partial charge on any atom is -0.507 e. The molecule has 29 heavy (non-hydrogen) atoms. The summed E-state index contributed by atoms with van der Waals surface area (Å²) in [6.45, 7) is 2.93. The Morgan fingerprint density at radius 3 is 2.48 bits per heavy atom. The molecule has 0 saturated carbocycles. The maximum absolute atomic E-state index is 12.9. The zero-order valence-corrected chi connectivity index (χ0v) is 17.1. The van der Waals surface area contributed by atoms with E-state index in [2.05, 4.69) is 4.98 Å². The molecule has 1 aliphatic heterocycles. The second kappa shape index (κ2) is 8.45. The van der Waals surface area contributed by atoms with Gasteiger partial charge in [-0.3, -0.25) is 14.6 Å². The smallest absolute Gasteiger partial charge is 0.295 e. The number of ketones is 1. The van der Waals surface area contributed by atoms with Crippen LogP contribution in [0.5, 0.6) is 5.75 Å². The number of hydrogen-bond acceptors (Lipinski definition) is 5. The second-order valence-electron chi connectivity index (χ2n) is 7.41. The summed E-state index contributed by atoms with van der Waals surface area (Å²) >= 11 is 0. The summed E-state index contributed by atoms with van der Waals surface area (Å²) in [5.74, 6) is -0.774. The molecule has 1 fully saturated rings. The molecule has 0 bridgehead atoms. The molecule has 1 aliphatic rings. The van der Waals surface area contributed by atoms with E-state index in [1.165, 1.54) is 4.90 Å². The van der Waals surface area contributed by atoms with Crippen LogP contribution in [0.3, 0.4) is 0 Å². The van der Waals surface area contributed by atoms with E-state index in [-0.39, 0.29) is 11.3 Å². The van der Waals surface area contributed by atoms with E-state index in [4.69, 9.17) is 4.74 Å². The molecule has 3 rings (SSSR count). The summed E-state index contributed by atoms with van der Waals surface area (Å²) < 4.78 is 5.27. The first-order valence-corrected chi connectivity index (χ1v) is 9.47. The van der Waals surface area contributed by atoms with Crippen molar-refractivity contribution in [2.24, 2.45) is 0 Å². The minimum atomic E-state index is -0.675. The molecule has 7 heteroatoms. The Kier molecular flexibility index (Phi) is 5.98. The van der Waals surface area contributed by atoms with Crippen molar-refractivity contribution >= 4 is 17.4 Å². The van der Waals surface area contributed by atoms with Gasteiger partial charge in [-0.25, -0.2) is 0 Å². The molecule has 152 valence electrons. The summed E-state index contributed by atoms with van der Waals surface area (Å²) in [5, 5.41) is 11.0. The number of nitrogens with one attached hydrogen (secondary N) is 1. The van der Waals surface area contributed by atoms with Crippen LogP contribution in [-0.4, -0.2) is 61.0 Å². The number of Topliss-reactive ketones (excluding diaryl/α,β-unsaturated/α-hetero) is 1. The van der Waals surface area contributed by atoms with Gasteiger partial charge >= 0.3 is 0 Å². The van der Waals surface area contributed by atoms with Crippen molar-refractivity contribution in [3.63, 3.8) is 0 Å². The Morgan fingerprint density at radius 2 is 1.90 bits per heavy atom. The number of carbonyl (C=O) groups excluding carboxylic acids is 2. The number of aryl methyl sites for hydroxylation is 1. The van der Waals surface area contributed by atoms with Gasteiger partial charge in [-0.05, 0) is 48.4 Å². The lowest BCUT2D eigenvalue weighted by Crippen LogP contribution is -3.06. The molecule has 2 N–H and O–H groups in total. The second-order valence-corrected chi connectivity index (χ2v) is 7.41. The monoisotopic (exact) mass is 396 g/mol. The Balaban J connectivity index is 2.13. The number of rotatable bonds is 6. The zero-order valence-electron chi connectivity index (χ0n) is 17.1. The van der Waals surface area contributed by atoms with Crippen LogP contribution in [-0.2, 0) is 9.59 Å². The first kappa shape index (κ1) is 20.5. The van der Waals surface area contributed by atoms with Crippen LogP contribution < -0.4 is 9.64 Å². The molecule has 1 atom stereocenters. The van der Waals surface area contributed by atoms with E-state index in [1.54, 1.807) is 49.8 Å². The Bertz CT molecular complexity index is 954. The van der Waals surface area contributed by atoms with Crippen LogP contribution in [0.15, 0.2) is 48.3 Å². The van der Waals surface area contributed by atoms with E-state index >= 15 is 0 Å². The molecular formula is C22H26N3O4+. The normalized spacial score (nSPS) is 18.5. The molecule has 1 amide bonds. The standard InChI is InChI=1S/C22H25N3O4/c1-14-13-16(5-6-17(14)29-4)20(26)18-19(15-7-9-23-10-8-15)25(12-11-24(2)3)22(28)21(18)27/h5-10,13,19,26H,11-12H2,1-4H3/p+1. The predicted molar refractivity (Wildman–Crippen MR) is 109 cm³/mol. The molecule has 1 aromatic heterocycles. The number of likely N-dealkylation sites (tertiary alicyclic amines) is 1. The van der Waals surface area contributed by atoms with Gasteiger partial charge in [0.05, 0.1) is 45.9 Å². The van der Waals surface area contributed by atoms with Crippen molar-refractivity contribution in [3.05, 3.63) is 65.0 Å². The van der Waals surface area contributed by atoms with E-state index < -0.39 is 17.7 Å². The topological polar surface area (TPSA) is 84.2 Å². The number of carbonyl (C=O) groups is 2. The van der Waals surface area contributed by atoms with E-state index in [0.29, 0.717) is 24.4 Å². The number of likely N-dealkylation sites (N-methyl/N-ethyl adjacent to an activating group) is 1. The largest absolute Gasteiger partial charge is 0.507 e. The quantitative estimate of drug-likeness (QED) is 0.432. The highest BCUT2D eigenvalue weighted by atomic mass is 16.5. The fourth-order valence-corrected chi connectivity index (χ4v) is 3.53. The number of aliphatic hydroxyl groups excluding tert-OH is 1. The third-order valence-corrected chi connectivity index (χ3v) is 5.08. The summed E-state index contributed by atoms with van der Waals surface area (Å²) in [7, 11) is 5.54. The first-order valence-electron chi connectivity index (χ1n) is 9.47. The van der Waals surface area contributed by atoms with Crippen LogP contribution in [0.2, 0.25) is 0 Å². The summed E-state index contributed by atoms with van der Waals surface area (Å²) in [6, 6.07) is 8.03. The maximum atomic E-state index is 12.9. The third-order valence-electron chi connectivity index (χ3n) is 5.08. The highest BCUT2D eigenvalue weighted by molar-refractivity contribution is 6.46. The molecule has 2 aromatic rings. The zero-order chi connectivity index (χ0) is 21.1. The molecule has 1 saturated heterocycles. The van der Waals surface area contributed by atoms with Crippen molar-refractivity contribution in [1.29, 1.82) is 0 Å². The van der Waals surface area contributed by atoms with Crippen LogP contribution in [0, 0.1) is 6.92 Å². The van der Waals surface area contributed by atoms with E-state index in [1.807, 2.05) is 21.0 Å².